The molecule has 0 aromatic rings. The lowest BCUT2D eigenvalue weighted by Crippen LogP contribution is -2.20. The second-order valence-electron chi connectivity index (χ2n) is 3.37. The fourth-order valence-corrected chi connectivity index (χ4v) is 2.04. The van der Waals surface area contributed by atoms with Gasteiger partial charge in [-0.1, -0.05) is 12.2 Å². The van der Waals surface area contributed by atoms with E-state index in [0.717, 1.165) is 25.2 Å². The van der Waals surface area contributed by atoms with Crippen LogP contribution >= 0.6 is 0 Å². The van der Waals surface area contributed by atoms with Crippen LogP contribution in [0.4, 0.5) is 0 Å². The van der Waals surface area contributed by atoms with Crippen molar-refractivity contribution in [2.45, 2.75) is 25.7 Å². The summed E-state index contributed by atoms with van der Waals surface area (Å²) in [6, 6.07) is 0. The summed E-state index contributed by atoms with van der Waals surface area (Å²) in [5.74, 6) is 1.90. The van der Waals surface area contributed by atoms with Gasteiger partial charge in [0, 0.05) is 12.8 Å². The van der Waals surface area contributed by atoms with Crippen molar-refractivity contribution in [3.63, 3.8) is 0 Å². The van der Waals surface area contributed by atoms with Crippen LogP contribution in [-0.2, 0) is 4.79 Å². The first-order chi connectivity index (χ1) is 4.86. The van der Waals surface area contributed by atoms with Gasteiger partial charge < -0.3 is 0 Å². The molecule has 0 saturated heterocycles. The molecule has 0 radical (unpaired) electrons. The van der Waals surface area contributed by atoms with E-state index in [2.05, 4.69) is 12.2 Å². The third-order valence-electron chi connectivity index (χ3n) is 2.68. The fourth-order valence-electron chi connectivity index (χ4n) is 2.04. The number of fused-ring (bicyclic) bond motifs is 1. The summed E-state index contributed by atoms with van der Waals surface area (Å²) in [5, 5.41) is 0. The second kappa shape index (κ2) is 2.22. The number of ketones is 1. The van der Waals surface area contributed by atoms with Gasteiger partial charge in [-0.2, -0.15) is 0 Å². The van der Waals surface area contributed by atoms with Crippen LogP contribution in [0.2, 0.25) is 0 Å². The third kappa shape index (κ3) is 0.898. The van der Waals surface area contributed by atoms with Gasteiger partial charge in [0.15, 0.2) is 0 Å². The van der Waals surface area contributed by atoms with Gasteiger partial charge in [0.25, 0.3) is 0 Å². The Morgan fingerprint density at radius 1 is 1.50 bits per heavy atom. The van der Waals surface area contributed by atoms with Crippen molar-refractivity contribution in [2.75, 3.05) is 0 Å². The lowest BCUT2D eigenvalue weighted by atomic mass is 9.81. The van der Waals surface area contributed by atoms with Gasteiger partial charge in [0.2, 0.25) is 0 Å². The zero-order valence-electron chi connectivity index (χ0n) is 6.05. The van der Waals surface area contributed by atoms with Gasteiger partial charge >= 0.3 is 0 Å². The molecule has 2 aliphatic carbocycles. The molecule has 10 heavy (non-hydrogen) atoms. The molecule has 0 unspecified atom stereocenters. The van der Waals surface area contributed by atoms with E-state index in [1.165, 1.54) is 6.42 Å². The summed E-state index contributed by atoms with van der Waals surface area (Å²) in [6.45, 7) is 0. The first-order valence-corrected chi connectivity index (χ1v) is 4.04. The summed E-state index contributed by atoms with van der Waals surface area (Å²) in [4.78, 5) is 11.0. The van der Waals surface area contributed by atoms with Gasteiger partial charge in [0.05, 0.1) is 0 Å². The average Bonchev–Trinajstić information content (AvgIpc) is 2.33. The van der Waals surface area contributed by atoms with Crippen LogP contribution in [0, 0.1) is 11.8 Å². The maximum atomic E-state index is 11.0. The van der Waals surface area contributed by atoms with Gasteiger partial charge in [-0.05, 0) is 24.7 Å². The summed E-state index contributed by atoms with van der Waals surface area (Å²) in [5.41, 5.74) is 0. The van der Waals surface area contributed by atoms with Crippen LogP contribution in [0.15, 0.2) is 12.2 Å². The maximum absolute atomic E-state index is 11.0. The molecular weight excluding hydrogens is 124 g/mol. The van der Waals surface area contributed by atoms with Crippen LogP contribution in [0.25, 0.3) is 0 Å². The van der Waals surface area contributed by atoms with E-state index in [9.17, 15) is 4.79 Å². The van der Waals surface area contributed by atoms with Crippen molar-refractivity contribution in [1.82, 2.24) is 0 Å². The summed E-state index contributed by atoms with van der Waals surface area (Å²) < 4.78 is 0. The predicted octanol–water partition coefficient (Wildman–Crippen LogP) is 1.93. The molecule has 0 aliphatic heterocycles. The minimum atomic E-state index is 0.466. The van der Waals surface area contributed by atoms with E-state index in [4.69, 9.17) is 0 Å². The molecule has 1 saturated carbocycles. The van der Waals surface area contributed by atoms with E-state index in [1.54, 1.807) is 0 Å². The normalized spacial score (nSPS) is 38.2. The zero-order chi connectivity index (χ0) is 6.97. The highest BCUT2D eigenvalue weighted by molar-refractivity contribution is 5.79. The van der Waals surface area contributed by atoms with Gasteiger partial charge in [-0.3, -0.25) is 4.79 Å². The monoisotopic (exact) mass is 136 g/mol. The average molecular weight is 136 g/mol. The van der Waals surface area contributed by atoms with Crippen LogP contribution in [0.5, 0.6) is 0 Å². The van der Waals surface area contributed by atoms with Crippen molar-refractivity contribution >= 4 is 5.78 Å². The van der Waals surface area contributed by atoms with E-state index >= 15 is 0 Å². The standard InChI is InChI=1S/C9H12O/c10-9-5-4-7-2-1-3-8(7)6-9/h1,3,7-8H,2,4-6H2/t7-,8+/m1/s1. The Labute approximate surface area is 61.1 Å². The number of hydrogen-bond donors (Lipinski definition) is 0. The molecule has 2 aliphatic rings. The number of hydrogen-bond acceptors (Lipinski definition) is 1. The Bertz CT molecular complexity index is 181. The van der Waals surface area contributed by atoms with Crippen molar-refractivity contribution in [2.24, 2.45) is 11.8 Å². The molecule has 1 heteroatoms. The fraction of sp³-hybridized carbons (Fsp3) is 0.667. The minimum Gasteiger partial charge on any atom is -0.300 e. The number of allylic oxidation sites excluding steroid dienone is 2. The third-order valence-corrected chi connectivity index (χ3v) is 2.68. The summed E-state index contributed by atoms with van der Waals surface area (Å²) in [6.07, 6.45) is 8.47. The zero-order valence-corrected chi connectivity index (χ0v) is 6.05. The van der Waals surface area contributed by atoms with Crippen LogP contribution in [-0.4, -0.2) is 5.78 Å². The van der Waals surface area contributed by atoms with E-state index in [1.807, 2.05) is 0 Å². The van der Waals surface area contributed by atoms with Gasteiger partial charge in [0.1, 0.15) is 5.78 Å². The number of rotatable bonds is 0. The quantitative estimate of drug-likeness (QED) is 0.465. The largest absolute Gasteiger partial charge is 0.300 e. The van der Waals surface area contributed by atoms with Crippen molar-refractivity contribution < 1.29 is 4.79 Å². The van der Waals surface area contributed by atoms with Crippen molar-refractivity contribution in [1.29, 1.82) is 0 Å². The Morgan fingerprint density at radius 3 is 3.30 bits per heavy atom. The number of carbonyl (C=O) groups is 1. The molecule has 2 atom stereocenters. The Morgan fingerprint density at radius 2 is 2.40 bits per heavy atom. The topological polar surface area (TPSA) is 17.1 Å². The first-order valence-electron chi connectivity index (χ1n) is 4.04. The Kier molecular flexibility index (Phi) is 1.37. The van der Waals surface area contributed by atoms with Crippen molar-refractivity contribution in [3.8, 4) is 0 Å². The Balaban J connectivity index is 2.08. The van der Waals surface area contributed by atoms with Crippen molar-refractivity contribution in [3.05, 3.63) is 12.2 Å². The van der Waals surface area contributed by atoms with E-state index < -0.39 is 0 Å². The smallest absolute Gasteiger partial charge is 0.133 e. The molecule has 0 bridgehead atoms. The number of Topliss-reactive ketones (excluding diaryl/α,β-unsaturated/α-hetero) is 1. The SMILES string of the molecule is O=C1CC[C@H]2CC=C[C@H]2C1. The van der Waals surface area contributed by atoms with Crippen LogP contribution in [0.1, 0.15) is 25.7 Å². The summed E-state index contributed by atoms with van der Waals surface area (Å²) in [7, 11) is 0. The highest BCUT2D eigenvalue weighted by Crippen LogP contribution is 2.35. The second-order valence-corrected chi connectivity index (χ2v) is 3.37. The molecule has 0 amide bonds. The van der Waals surface area contributed by atoms with Crippen LogP contribution < -0.4 is 0 Å². The van der Waals surface area contributed by atoms with E-state index in [-0.39, 0.29) is 0 Å². The molecular formula is C9H12O. The highest BCUT2D eigenvalue weighted by Gasteiger charge is 2.29. The lowest BCUT2D eigenvalue weighted by Gasteiger charge is -2.23. The van der Waals surface area contributed by atoms with E-state index in [0.29, 0.717) is 11.7 Å². The van der Waals surface area contributed by atoms with Gasteiger partial charge in [-0.25, -0.2) is 0 Å². The van der Waals surface area contributed by atoms with Crippen LogP contribution in [0.3, 0.4) is 0 Å². The summed E-state index contributed by atoms with van der Waals surface area (Å²) >= 11 is 0. The molecule has 0 N–H and O–H groups in total. The minimum absolute atomic E-state index is 0.466. The number of carbonyl (C=O) groups excluding carboxylic acids is 1. The molecule has 0 aromatic carbocycles. The lowest BCUT2D eigenvalue weighted by molar-refractivity contribution is -0.121. The van der Waals surface area contributed by atoms with Gasteiger partial charge in [-0.15, -0.1) is 0 Å². The first kappa shape index (κ1) is 6.14. The molecule has 2 rings (SSSR count). The molecule has 0 heterocycles. The molecule has 1 fully saturated rings. The molecule has 54 valence electrons. The molecule has 0 aromatic heterocycles. The predicted molar refractivity (Wildman–Crippen MR) is 39.6 cm³/mol. The molecule has 1 nitrogen and oxygen atoms in total. The Hall–Kier alpha value is -0.590. The maximum Gasteiger partial charge on any atom is 0.133 e. The molecule has 0 spiro atoms. The highest BCUT2D eigenvalue weighted by atomic mass is 16.1.